The number of nitrogens with one attached hydrogen (secondary N) is 1. The molecule has 0 heterocycles. The Morgan fingerprint density at radius 1 is 1.05 bits per heavy atom. The summed E-state index contributed by atoms with van der Waals surface area (Å²) in [5.74, 6) is -0.323. The van der Waals surface area contributed by atoms with Gasteiger partial charge in [0.05, 0.1) is 16.1 Å². The molecule has 1 N–H and O–H groups in total. The second-order valence-corrected chi connectivity index (χ2v) is 7.25. The molecule has 0 unspecified atom stereocenters. The van der Waals surface area contributed by atoms with Crippen molar-refractivity contribution in [1.29, 1.82) is 0 Å². The van der Waals surface area contributed by atoms with Crippen LogP contribution in [0.1, 0.15) is 10.4 Å². The molecule has 0 aromatic heterocycles. The number of hydrogen-bond acceptors (Lipinski definition) is 4. The maximum atomic E-state index is 12.4. The smallest absolute Gasteiger partial charge is 0.256 e. The van der Waals surface area contributed by atoms with Crippen LogP contribution in [0.4, 0.5) is 5.69 Å². The van der Waals surface area contributed by atoms with E-state index in [1.54, 1.807) is 30.3 Å². The van der Waals surface area contributed by atoms with Crippen molar-refractivity contribution < 1.29 is 13.2 Å². The fourth-order valence-electron chi connectivity index (χ4n) is 1.92. The molecular weight excluding hydrogens is 306 g/mol. The first-order valence-electron chi connectivity index (χ1n) is 6.17. The van der Waals surface area contributed by atoms with Crippen LogP contribution in [-0.2, 0) is 9.84 Å². The minimum Gasteiger partial charge on any atom is -0.321 e. The lowest BCUT2D eigenvalue weighted by Crippen LogP contribution is -2.15. The van der Waals surface area contributed by atoms with Crippen LogP contribution in [0.15, 0.2) is 58.3 Å². The number of thioether (sulfide) groups is 1. The molecule has 2 aromatic rings. The number of amides is 1. The Morgan fingerprint density at radius 2 is 1.67 bits per heavy atom. The van der Waals surface area contributed by atoms with Crippen LogP contribution in [0.2, 0.25) is 0 Å². The number of para-hydroxylation sites is 1. The number of benzene rings is 2. The van der Waals surface area contributed by atoms with Gasteiger partial charge in [0.1, 0.15) is 0 Å². The van der Waals surface area contributed by atoms with Crippen molar-refractivity contribution in [2.24, 2.45) is 0 Å². The van der Waals surface area contributed by atoms with Crippen molar-refractivity contribution in [1.82, 2.24) is 0 Å². The van der Waals surface area contributed by atoms with Gasteiger partial charge in [0.25, 0.3) is 5.91 Å². The zero-order valence-electron chi connectivity index (χ0n) is 11.7. The van der Waals surface area contributed by atoms with E-state index in [1.807, 2.05) is 18.4 Å². The van der Waals surface area contributed by atoms with E-state index in [0.717, 1.165) is 11.2 Å². The number of rotatable bonds is 4. The molecule has 0 aliphatic heterocycles. The summed E-state index contributed by atoms with van der Waals surface area (Å²) in [7, 11) is -3.40. The maximum absolute atomic E-state index is 12.4. The largest absolute Gasteiger partial charge is 0.321 e. The molecule has 0 saturated carbocycles. The number of carbonyl (C=O) groups excluding carboxylic acids is 1. The second-order valence-electron chi connectivity index (χ2n) is 4.42. The van der Waals surface area contributed by atoms with Gasteiger partial charge in [-0.15, -0.1) is 11.8 Å². The monoisotopic (exact) mass is 321 g/mol. The van der Waals surface area contributed by atoms with E-state index in [4.69, 9.17) is 0 Å². The summed E-state index contributed by atoms with van der Waals surface area (Å²) in [6, 6.07) is 13.6. The number of anilines is 1. The van der Waals surface area contributed by atoms with Crippen molar-refractivity contribution in [2.75, 3.05) is 17.8 Å². The topological polar surface area (TPSA) is 63.2 Å². The van der Waals surface area contributed by atoms with Gasteiger partial charge in [0, 0.05) is 11.2 Å². The fourth-order valence-corrected chi connectivity index (χ4v) is 3.35. The molecule has 0 fully saturated rings. The van der Waals surface area contributed by atoms with Crippen LogP contribution < -0.4 is 5.32 Å². The average molecular weight is 321 g/mol. The lowest BCUT2D eigenvalue weighted by molar-refractivity contribution is 0.102. The Labute approximate surface area is 128 Å². The SMILES string of the molecule is CSc1ccccc1C(=O)Nc1ccccc1S(C)(=O)=O. The van der Waals surface area contributed by atoms with Gasteiger partial charge >= 0.3 is 0 Å². The summed E-state index contributed by atoms with van der Waals surface area (Å²) in [6.45, 7) is 0. The van der Waals surface area contributed by atoms with Crippen LogP contribution >= 0.6 is 11.8 Å². The summed E-state index contributed by atoms with van der Waals surface area (Å²) in [5.41, 5.74) is 0.814. The predicted octanol–water partition coefficient (Wildman–Crippen LogP) is 3.06. The van der Waals surface area contributed by atoms with E-state index in [0.29, 0.717) is 11.3 Å². The molecule has 2 rings (SSSR count). The summed E-state index contributed by atoms with van der Waals surface area (Å²) in [5, 5.41) is 2.68. The Balaban J connectivity index is 2.37. The first-order chi connectivity index (χ1) is 9.93. The summed E-state index contributed by atoms with van der Waals surface area (Å²) >= 11 is 1.46. The normalized spacial score (nSPS) is 11.1. The van der Waals surface area contributed by atoms with Gasteiger partial charge in [-0.2, -0.15) is 0 Å². The minimum atomic E-state index is -3.40. The van der Waals surface area contributed by atoms with Gasteiger partial charge in [-0.25, -0.2) is 8.42 Å². The first kappa shape index (κ1) is 15.6. The standard InChI is InChI=1S/C15H15NO3S2/c1-20-13-9-5-3-7-11(13)15(17)16-12-8-4-6-10-14(12)21(2,18)19/h3-10H,1-2H3,(H,16,17). The molecule has 0 radical (unpaired) electrons. The van der Waals surface area contributed by atoms with Crippen LogP contribution in [0.5, 0.6) is 0 Å². The van der Waals surface area contributed by atoms with E-state index < -0.39 is 9.84 Å². The third kappa shape index (κ3) is 3.65. The highest BCUT2D eigenvalue weighted by molar-refractivity contribution is 7.98. The van der Waals surface area contributed by atoms with E-state index in [1.165, 1.54) is 17.8 Å². The highest BCUT2D eigenvalue weighted by Crippen LogP contribution is 2.24. The zero-order chi connectivity index (χ0) is 15.5. The van der Waals surface area contributed by atoms with Crippen molar-refractivity contribution in [2.45, 2.75) is 9.79 Å². The number of sulfone groups is 1. The van der Waals surface area contributed by atoms with E-state index >= 15 is 0 Å². The van der Waals surface area contributed by atoms with Gasteiger partial charge in [0.15, 0.2) is 9.84 Å². The lowest BCUT2D eigenvalue weighted by Gasteiger charge is -2.11. The molecule has 110 valence electrons. The summed E-state index contributed by atoms with van der Waals surface area (Å²) in [4.78, 5) is 13.3. The molecule has 0 atom stereocenters. The highest BCUT2D eigenvalue weighted by atomic mass is 32.2. The van der Waals surface area contributed by atoms with Crippen molar-refractivity contribution in [3.63, 3.8) is 0 Å². The molecule has 0 aliphatic carbocycles. The summed E-state index contributed by atoms with van der Waals surface area (Å²) < 4.78 is 23.5. The van der Waals surface area contributed by atoms with E-state index in [9.17, 15) is 13.2 Å². The lowest BCUT2D eigenvalue weighted by atomic mass is 10.2. The molecule has 0 bridgehead atoms. The van der Waals surface area contributed by atoms with Crippen molar-refractivity contribution >= 4 is 33.2 Å². The van der Waals surface area contributed by atoms with E-state index in [-0.39, 0.29) is 10.8 Å². The molecule has 2 aromatic carbocycles. The van der Waals surface area contributed by atoms with Gasteiger partial charge in [-0.05, 0) is 30.5 Å². The van der Waals surface area contributed by atoms with Crippen LogP contribution in [-0.4, -0.2) is 26.8 Å². The maximum Gasteiger partial charge on any atom is 0.256 e. The van der Waals surface area contributed by atoms with Gasteiger partial charge in [-0.3, -0.25) is 4.79 Å². The zero-order valence-corrected chi connectivity index (χ0v) is 13.3. The predicted molar refractivity (Wildman–Crippen MR) is 85.7 cm³/mol. The number of hydrogen-bond donors (Lipinski definition) is 1. The Hall–Kier alpha value is -1.79. The Bertz CT molecular complexity index is 770. The molecule has 4 nitrogen and oxygen atoms in total. The van der Waals surface area contributed by atoms with E-state index in [2.05, 4.69) is 5.32 Å². The van der Waals surface area contributed by atoms with Crippen LogP contribution in [0.3, 0.4) is 0 Å². The third-order valence-electron chi connectivity index (χ3n) is 2.89. The third-order valence-corrected chi connectivity index (χ3v) is 4.84. The van der Waals surface area contributed by atoms with Gasteiger partial charge < -0.3 is 5.32 Å². The molecule has 21 heavy (non-hydrogen) atoms. The van der Waals surface area contributed by atoms with Crippen molar-refractivity contribution in [3.8, 4) is 0 Å². The average Bonchev–Trinajstić information content (AvgIpc) is 2.46. The van der Waals surface area contributed by atoms with Crippen molar-refractivity contribution in [3.05, 3.63) is 54.1 Å². The summed E-state index contributed by atoms with van der Waals surface area (Å²) in [6.07, 6.45) is 3.00. The minimum absolute atomic E-state index is 0.111. The fraction of sp³-hybridized carbons (Fsp3) is 0.133. The molecule has 1 amide bonds. The highest BCUT2D eigenvalue weighted by Gasteiger charge is 2.16. The molecule has 0 aliphatic rings. The Morgan fingerprint density at radius 3 is 2.33 bits per heavy atom. The van der Waals surface area contributed by atoms with Gasteiger partial charge in [-0.1, -0.05) is 24.3 Å². The first-order valence-corrected chi connectivity index (χ1v) is 9.28. The Kier molecular flexibility index (Phi) is 4.69. The second kappa shape index (κ2) is 6.32. The molecule has 0 saturated heterocycles. The number of carbonyl (C=O) groups is 1. The molecule has 0 spiro atoms. The van der Waals surface area contributed by atoms with Crippen LogP contribution in [0.25, 0.3) is 0 Å². The van der Waals surface area contributed by atoms with Crippen LogP contribution in [0, 0.1) is 0 Å². The molecular formula is C15H15NO3S2. The van der Waals surface area contributed by atoms with Gasteiger partial charge in [0.2, 0.25) is 0 Å². The molecule has 6 heteroatoms. The quantitative estimate of drug-likeness (QED) is 0.879.